The molecule has 4 rings (SSSR count). The van der Waals surface area contributed by atoms with E-state index in [1.807, 2.05) is 12.1 Å². The van der Waals surface area contributed by atoms with Crippen LogP contribution in [0.15, 0.2) is 24.7 Å². The number of hydrogen-bond acceptors (Lipinski definition) is 5. The summed E-state index contributed by atoms with van der Waals surface area (Å²) in [4.78, 5) is 12.4. The van der Waals surface area contributed by atoms with Gasteiger partial charge >= 0.3 is 0 Å². The molecule has 0 spiro atoms. The van der Waals surface area contributed by atoms with Crippen LogP contribution < -0.4 is 10.1 Å². The van der Waals surface area contributed by atoms with Crippen molar-refractivity contribution in [2.24, 2.45) is 0 Å². The molecule has 4 aromatic rings. The Hall–Kier alpha value is -3.09. The number of nitrogens with zero attached hydrogens (tertiary/aromatic N) is 3. The van der Waals surface area contributed by atoms with Crippen molar-refractivity contribution in [2.75, 3.05) is 12.4 Å². The van der Waals surface area contributed by atoms with E-state index in [9.17, 15) is 0 Å². The molecule has 3 aromatic heterocycles. The Kier molecular flexibility index (Phi) is 4.20. The van der Waals surface area contributed by atoms with E-state index in [-0.39, 0.29) is 0 Å². The SMILES string of the molecule is CCCc1[nH]c2ncnc(Nc3cc4cn[nH]c4cc3OC)c2c1CC. The van der Waals surface area contributed by atoms with Gasteiger partial charge in [0.1, 0.15) is 23.5 Å². The lowest BCUT2D eigenvalue weighted by molar-refractivity contribution is 0.417. The zero-order chi connectivity index (χ0) is 18.1. The van der Waals surface area contributed by atoms with Crippen LogP contribution in [0.25, 0.3) is 21.9 Å². The van der Waals surface area contributed by atoms with Crippen molar-refractivity contribution in [1.82, 2.24) is 25.1 Å². The fourth-order valence-electron chi connectivity index (χ4n) is 3.45. The molecule has 26 heavy (non-hydrogen) atoms. The molecule has 0 aliphatic heterocycles. The number of aromatic nitrogens is 5. The van der Waals surface area contributed by atoms with Gasteiger partial charge in [-0.05, 0) is 24.5 Å². The Balaban J connectivity index is 1.84. The molecule has 0 amide bonds. The first-order valence-corrected chi connectivity index (χ1v) is 8.87. The molecule has 0 unspecified atom stereocenters. The van der Waals surface area contributed by atoms with Crippen LogP contribution in [0, 0.1) is 0 Å². The predicted molar refractivity (Wildman–Crippen MR) is 103 cm³/mol. The highest BCUT2D eigenvalue weighted by Crippen LogP contribution is 2.35. The monoisotopic (exact) mass is 350 g/mol. The van der Waals surface area contributed by atoms with E-state index in [1.54, 1.807) is 19.6 Å². The fraction of sp³-hybridized carbons (Fsp3) is 0.316. The molecule has 7 heteroatoms. The molecule has 0 atom stereocenters. The number of H-pyrrole nitrogens is 2. The standard InChI is InChI=1S/C19H22N6O/c1-4-6-13-12(5-2)17-18(23-13)20-10-21-19(17)24-15-7-11-9-22-25-14(11)8-16(15)26-3/h7-10H,4-6H2,1-3H3,(H,22,25)(H2,20,21,23,24). The van der Waals surface area contributed by atoms with Gasteiger partial charge in [0.2, 0.25) is 0 Å². The molecule has 3 heterocycles. The third-order valence-corrected chi connectivity index (χ3v) is 4.65. The van der Waals surface area contributed by atoms with Gasteiger partial charge in [-0.2, -0.15) is 5.10 Å². The lowest BCUT2D eigenvalue weighted by Gasteiger charge is -2.12. The highest BCUT2D eigenvalue weighted by molar-refractivity contribution is 5.95. The molecule has 0 aliphatic carbocycles. The van der Waals surface area contributed by atoms with Crippen LogP contribution >= 0.6 is 0 Å². The summed E-state index contributed by atoms with van der Waals surface area (Å²) in [6, 6.07) is 3.94. The average molecular weight is 350 g/mol. The second-order valence-corrected chi connectivity index (χ2v) is 6.27. The maximum Gasteiger partial charge on any atom is 0.144 e. The molecule has 0 radical (unpaired) electrons. The molecule has 0 fully saturated rings. The van der Waals surface area contributed by atoms with Gasteiger partial charge in [-0.15, -0.1) is 0 Å². The highest BCUT2D eigenvalue weighted by atomic mass is 16.5. The van der Waals surface area contributed by atoms with Crippen LogP contribution in [0.2, 0.25) is 0 Å². The lowest BCUT2D eigenvalue weighted by atomic mass is 10.1. The van der Waals surface area contributed by atoms with E-state index in [0.29, 0.717) is 0 Å². The average Bonchev–Trinajstić information content (AvgIpc) is 3.25. The summed E-state index contributed by atoms with van der Waals surface area (Å²) in [5.41, 5.74) is 5.16. The summed E-state index contributed by atoms with van der Waals surface area (Å²) in [6.45, 7) is 4.34. The highest BCUT2D eigenvalue weighted by Gasteiger charge is 2.16. The van der Waals surface area contributed by atoms with Gasteiger partial charge in [0.25, 0.3) is 0 Å². The van der Waals surface area contributed by atoms with E-state index in [0.717, 1.165) is 58.5 Å². The number of benzene rings is 1. The van der Waals surface area contributed by atoms with Gasteiger partial charge in [-0.1, -0.05) is 20.3 Å². The topological polar surface area (TPSA) is 91.5 Å². The third-order valence-electron chi connectivity index (χ3n) is 4.65. The first kappa shape index (κ1) is 16.4. The summed E-state index contributed by atoms with van der Waals surface area (Å²) in [5.74, 6) is 1.52. The van der Waals surface area contributed by atoms with Crippen molar-refractivity contribution in [3.63, 3.8) is 0 Å². The minimum Gasteiger partial charge on any atom is -0.494 e. The van der Waals surface area contributed by atoms with Crippen LogP contribution in [0.4, 0.5) is 11.5 Å². The Bertz CT molecular complexity index is 1060. The summed E-state index contributed by atoms with van der Waals surface area (Å²) in [5, 5.41) is 12.5. The first-order chi connectivity index (χ1) is 12.7. The molecular formula is C19H22N6O. The van der Waals surface area contributed by atoms with E-state index >= 15 is 0 Å². The van der Waals surface area contributed by atoms with Gasteiger partial charge in [0.15, 0.2) is 0 Å². The Labute approximate surface area is 151 Å². The minimum atomic E-state index is 0.732. The van der Waals surface area contributed by atoms with Crippen LogP contribution in [0.3, 0.4) is 0 Å². The van der Waals surface area contributed by atoms with Gasteiger partial charge in [-0.25, -0.2) is 9.97 Å². The van der Waals surface area contributed by atoms with Crippen LogP contribution in [0.5, 0.6) is 5.75 Å². The Morgan fingerprint density at radius 3 is 2.85 bits per heavy atom. The van der Waals surface area contributed by atoms with Crippen molar-refractivity contribution in [3.8, 4) is 5.75 Å². The Morgan fingerprint density at radius 2 is 2.08 bits per heavy atom. The summed E-state index contributed by atoms with van der Waals surface area (Å²) in [7, 11) is 1.66. The van der Waals surface area contributed by atoms with E-state index in [2.05, 4.69) is 44.3 Å². The smallest absolute Gasteiger partial charge is 0.144 e. The summed E-state index contributed by atoms with van der Waals surface area (Å²) >= 11 is 0. The van der Waals surface area contributed by atoms with E-state index in [4.69, 9.17) is 4.74 Å². The number of aryl methyl sites for hydroxylation is 2. The quantitative estimate of drug-likeness (QED) is 0.487. The van der Waals surface area contributed by atoms with Crippen LogP contribution in [0.1, 0.15) is 31.5 Å². The van der Waals surface area contributed by atoms with Crippen LogP contribution in [-0.4, -0.2) is 32.3 Å². The third kappa shape index (κ3) is 2.65. The van der Waals surface area contributed by atoms with Crippen molar-refractivity contribution < 1.29 is 4.74 Å². The molecule has 7 nitrogen and oxygen atoms in total. The Morgan fingerprint density at radius 1 is 1.19 bits per heavy atom. The molecule has 3 N–H and O–H groups in total. The maximum atomic E-state index is 5.55. The number of hydrogen-bond donors (Lipinski definition) is 3. The molecule has 0 saturated carbocycles. The van der Waals surface area contributed by atoms with Crippen molar-refractivity contribution in [1.29, 1.82) is 0 Å². The number of anilines is 2. The molecule has 134 valence electrons. The second kappa shape index (κ2) is 6.67. The second-order valence-electron chi connectivity index (χ2n) is 6.27. The zero-order valence-electron chi connectivity index (χ0n) is 15.2. The number of fused-ring (bicyclic) bond motifs is 2. The van der Waals surface area contributed by atoms with Crippen molar-refractivity contribution in [3.05, 3.63) is 35.9 Å². The van der Waals surface area contributed by atoms with Gasteiger partial charge in [0, 0.05) is 17.1 Å². The van der Waals surface area contributed by atoms with E-state index < -0.39 is 0 Å². The molecular weight excluding hydrogens is 328 g/mol. The number of nitrogens with one attached hydrogen (secondary N) is 3. The predicted octanol–water partition coefficient (Wildman–Crippen LogP) is 4.10. The first-order valence-electron chi connectivity index (χ1n) is 8.87. The van der Waals surface area contributed by atoms with E-state index in [1.165, 1.54) is 11.3 Å². The van der Waals surface area contributed by atoms with Gasteiger partial charge in [-0.3, -0.25) is 5.10 Å². The number of methoxy groups -OCH3 is 1. The molecule has 0 bridgehead atoms. The van der Waals surface area contributed by atoms with Gasteiger partial charge < -0.3 is 15.0 Å². The number of aromatic amines is 2. The zero-order valence-corrected chi connectivity index (χ0v) is 15.2. The lowest BCUT2D eigenvalue weighted by Crippen LogP contribution is -1.99. The normalized spacial score (nSPS) is 11.3. The van der Waals surface area contributed by atoms with Crippen molar-refractivity contribution in [2.45, 2.75) is 33.1 Å². The number of ether oxygens (including phenoxy) is 1. The summed E-state index contributed by atoms with van der Waals surface area (Å²) in [6.07, 6.45) is 6.39. The molecule has 0 saturated heterocycles. The number of rotatable bonds is 6. The fourth-order valence-corrected chi connectivity index (χ4v) is 3.45. The van der Waals surface area contributed by atoms with Crippen LogP contribution in [-0.2, 0) is 12.8 Å². The van der Waals surface area contributed by atoms with Crippen molar-refractivity contribution >= 4 is 33.4 Å². The minimum absolute atomic E-state index is 0.732. The van der Waals surface area contributed by atoms with Gasteiger partial charge in [0.05, 0.1) is 29.9 Å². The largest absolute Gasteiger partial charge is 0.494 e. The summed E-state index contributed by atoms with van der Waals surface area (Å²) < 4.78 is 5.55. The molecule has 0 aliphatic rings. The maximum absolute atomic E-state index is 5.55. The molecule has 1 aromatic carbocycles.